The Morgan fingerprint density at radius 2 is 1.83 bits per heavy atom. The van der Waals surface area contributed by atoms with E-state index in [-0.39, 0.29) is 12.5 Å². The van der Waals surface area contributed by atoms with E-state index in [1.807, 2.05) is 26.8 Å². The van der Waals surface area contributed by atoms with Crippen LogP contribution in [0.3, 0.4) is 0 Å². The Labute approximate surface area is 141 Å². The van der Waals surface area contributed by atoms with Gasteiger partial charge in [0.15, 0.2) is 6.61 Å². The molecule has 1 N–H and O–H groups in total. The van der Waals surface area contributed by atoms with E-state index in [0.29, 0.717) is 11.3 Å². The number of nitrogens with zero attached hydrogens (tertiary/aromatic N) is 2. The number of hydrogen-bond donors (Lipinski definition) is 1. The van der Waals surface area contributed by atoms with Gasteiger partial charge in [-0.25, -0.2) is 5.43 Å². The lowest BCUT2D eigenvalue weighted by Gasteiger charge is -2.07. The standard InChI is InChI=1S/C19H19N3O2/c1-13-8-14(2)18(15(3)9-13)11-21-22-19(23)12-24-17-6-4-16(10-20)5-7-17/h4-9,11H,12H2,1-3H3,(H,22,23)/b21-11-. The molecule has 0 fully saturated rings. The van der Waals surface area contributed by atoms with Gasteiger partial charge >= 0.3 is 0 Å². The van der Waals surface area contributed by atoms with Crippen molar-refractivity contribution >= 4 is 12.1 Å². The zero-order valence-electron chi connectivity index (χ0n) is 14.0. The van der Waals surface area contributed by atoms with Crippen molar-refractivity contribution in [2.45, 2.75) is 20.8 Å². The van der Waals surface area contributed by atoms with Gasteiger partial charge in [-0.05, 0) is 56.2 Å². The number of carbonyl (C=O) groups is 1. The molecule has 0 atom stereocenters. The minimum Gasteiger partial charge on any atom is -0.484 e. The van der Waals surface area contributed by atoms with Crippen molar-refractivity contribution < 1.29 is 9.53 Å². The summed E-state index contributed by atoms with van der Waals surface area (Å²) in [5.41, 5.74) is 7.40. The summed E-state index contributed by atoms with van der Waals surface area (Å²) < 4.78 is 5.34. The molecule has 0 radical (unpaired) electrons. The number of nitrogens with one attached hydrogen (secondary N) is 1. The highest BCUT2D eigenvalue weighted by molar-refractivity contribution is 5.85. The molecule has 0 spiro atoms. The van der Waals surface area contributed by atoms with Crippen LogP contribution in [0.15, 0.2) is 41.5 Å². The lowest BCUT2D eigenvalue weighted by Crippen LogP contribution is -2.24. The van der Waals surface area contributed by atoms with Gasteiger partial charge in [0, 0.05) is 5.56 Å². The molecule has 24 heavy (non-hydrogen) atoms. The quantitative estimate of drug-likeness (QED) is 0.679. The first-order valence-corrected chi connectivity index (χ1v) is 7.52. The molecular formula is C19H19N3O2. The number of aryl methyl sites for hydroxylation is 3. The monoisotopic (exact) mass is 321 g/mol. The van der Waals surface area contributed by atoms with E-state index in [1.54, 1.807) is 30.5 Å². The van der Waals surface area contributed by atoms with Gasteiger partial charge in [0.05, 0.1) is 17.8 Å². The van der Waals surface area contributed by atoms with E-state index < -0.39 is 0 Å². The third-order valence-electron chi connectivity index (χ3n) is 3.47. The van der Waals surface area contributed by atoms with Gasteiger partial charge < -0.3 is 4.74 Å². The minimum atomic E-state index is -0.349. The van der Waals surface area contributed by atoms with E-state index in [0.717, 1.165) is 16.7 Å². The van der Waals surface area contributed by atoms with Crippen LogP contribution in [0, 0.1) is 32.1 Å². The number of nitriles is 1. The fourth-order valence-electron chi connectivity index (χ4n) is 2.37. The lowest BCUT2D eigenvalue weighted by molar-refractivity contribution is -0.123. The van der Waals surface area contributed by atoms with Crippen LogP contribution >= 0.6 is 0 Å². The van der Waals surface area contributed by atoms with E-state index in [4.69, 9.17) is 10.00 Å². The predicted molar refractivity (Wildman–Crippen MR) is 93.0 cm³/mol. The number of ether oxygens (including phenoxy) is 1. The Kier molecular flexibility index (Phi) is 5.69. The Balaban J connectivity index is 1.88. The lowest BCUT2D eigenvalue weighted by atomic mass is 10.0. The first kappa shape index (κ1) is 17.2. The van der Waals surface area contributed by atoms with Crippen LogP contribution in [0.1, 0.15) is 27.8 Å². The summed E-state index contributed by atoms with van der Waals surface area (Å²) in [7, 11) is 0. The SMILES string of the molecule is Cc1cc(C)c(/C=N\NC(=O)COc2ccc(C#N)cc2)c(C)c1. The average molecular weight is 321 g/mol. The molecule has 0 aliphatic heterocycles. The summed E-state index contributed by atoms with van der Waals surface area (Å²) in [6, 6.07) is 12.7. The summed E-state index contributed by atoms with van der Waals surface area (Å²) in [5, 5.41) is 12.7. The molecule has 0 aromatic heterocycles. The molecule has 0 saturated heterocycles. The molecular weight excluding hydrogens is 302 g/mol. The topological polar surface area (TPSA) is 74.5 Å². The molecule has 1 amide bonds. The van der Waals surface area contributed by atoms with Crippen molar-refractivity contribution in [1.82, 2.24) is 5.43 Å². The number of amides is 1. The molecule has 0 bridgehead atoms. The summed E-state index contributed by atoms with van der Waals surface area (Å²) in [6.07, 6.45) is 1.64. The van der Waals surface area contributed by atoms with Crippen molar-refractivity contribution in [3.63, 3.8) is 0 Å². The summed E-state index contributed by atoms with van der Waals surface area (Å²) in [5.74, 6) is 0.177. The molecule has 2 rings (SSSR count). The summed E-state index contributed by atoms with van der Waals surface area (Å²) >= 11 is 0. The molecule has 122 valence electrons. The van der Waals surface area contributed by atoms with Crippen LogP contribution in [-0.2, 0) is 4.79 Å². The second-order valence-electron chi connectivity index (χ2n) is 5.53. The number of rotatable bonds is 5. The smallest absolute Gasteiger partial charge is 0.277 e. The van der Waals surface area contributed by atoms with Crippen LogP contribution in [-0.4, -0.2) is 18.7 Å². The molecule has 0 unspecified atom stereocenters. The first-order valence-electron chi connectivity index (χ1n) is 7.52. The number of carbonyl (C=O) groups excluding carboxylic acids is 1. The Hall–Kier alpha value is -3.13. The Morgan fingerprint density at radius 1 is 1.21 bits per heavy atom. The maximum Gasteiger partial charge on any atom is 0.277 e. The molecule has 0 heterocycles. The summed E-state index contributed by atoms with van der Waals surface area (Å²) in [6.45, 7) is 5.92. The largest absolute Gasteiger partial charge is 0.484 e. The van der Waals surface area contributed by atoms with Crippen LogP contribution in [0.25, 0.3) is 0 Å². The number of hydrazone groups is 1. The molecule has 5 nitrogen and oxygen atoms in total. The van der Waals surface area contributed by atoms with Gasteiger partial charge in [-0.1, -0.05) is 17.7 Å². The van der Waals surface area contributed by atoms with Gasteiger partial charge in [0.2, 0.25) is 0 Å². The van der Waals surface area contributed by atoms with Crippen LogP contribution in [0.4, 0.5) is 0 Å². The first-order chi connectivity index (χ1) is 11.5. The van der Waals surface area contributed by atoms with E-state index in [2.05, 4.69) is 22.7 Å². The fraction of sp³-hybridized carbons (Fsp3) is 0.211. The van der Waals surface area contributed by atoms with Crippen LogP contribution < -0.4 is 10.2 Å². The second kappa shape index (κ2) is 7.93. The fourth-order valence-corrected chi connectivity index (χ4v) is 2.37. The molecule has 5 heteroatoms. The zero-order chi connectivity index (χ0) is 17.5. The molecule has 0 aliphatic carbocycles. The normalized spacial score (nSPS) is 10.4. The molecule has 0 saturated carbocycles. The van der Waals surface area contributed by atoms with Crippen molar-refractivity contribution in [3.05, 3.63) is 64.2 Å². The van der Waals surface area contributed by atoms with Gasteiger partial charge in [0.1, 0.15) is 5.75 Å². The van der Waals surface area contributed by atoms with Crippen molar-refractivity contribution in [3.8, 4) is 11.8 Å². The average Bonchev–Trinajstić information content (AvgIpc) is 2.55. The minimum absolute atomic E-state index is 0.144. The van der Waals surface area contributed by atoms with Crippen molar-refractivity contribution in [2.24, 2.45) is 5.10 Å². The zero-order valence-corrected chi connectivity index (χ0v) is 14.0. The van der Waals surface area contributed by atoms with Crippen LogP contribution in [0.2, 0.25) is 0 Å². The second-order valence-corrected chi connectivity index (χ2v) is 5.53. The molecule has 0 aliphatic rings. The third-order valence-corrected chi connectivity index (χ3v) is 3.47. The highest BCUT2D eigenvalue weighted by Crippen LogP contribution is 2.14. The van der Waals surface area contributed by atoms with E-state index >= 15 is 0 Å². The van der Waals surface area contributed by atoms with Crippen molar-refractivity contribution in [1.29, 1.82) is 5.26 Å². The maximum absolute atomic E-state index is 11.8. The Morgan fingerprint density at radius 3 is 2.42 bits per heavy atom. The highest BCUT2D eigenvalue weighted by Gasteiger charge is 2.03. The van der Waals surface area contributed by atoms with Gasteiger partial charge in [-0.2, -0.15) is 10.4 Å². The molecule has 2 aromatic carbocycles. The Bertz CT molecular complexity index is 779. The molecule has 2 aromatic rings. The van der Waals surface area contributed by atoms with E-state index in [1.165, 1.54) is 5.56 Å². The predicted octanol–water partition coefficient (Wildman–Crippen LogP) is 3.01. The van der Waals surface area contributed by atoms with Crippen LogP contribution in [0.5, 0.6) is 5.75 Å². The summed E-state index contributed by atoms with van der Waals surface area (Å²) in [4.78, 5) is 11.8. The maximum atomic E-state index is 11.8. The number of benzene rings is 2. The van der Waals surface area contributed by atoms with Gasteiger partial charge in [-0.3, -0.25) is 4.79 Å². The van der Waals surface area contributed by atoms with Crippen molar-refractivity contribution in [2.75, 3.05) is 6.61 Å². The van der Waals surface area contributed by atoms with Gasteiger partial charge in [0.25, 0.3) is 5.91 Å². The number of hydrogen-bond acceptors (Lipinski definition) is 4. The van der Waals surface area contributed by atoms with Gasteiger partial charge in [-0.15, -0.1) is 0 Å². The van der Waals surface area contributed by atoms with E-state index in [9.17, 15) is 4.79 Å². The third kappa shape index (κ3) is 4.68. The highest BCUT2D eigenvalue weighted by atomic mass is 16.5.